The number of rotatable bonds is 3. The Morgan fingerprint density at radius 2 is 2.44 bits per heavy atom. The summed E-state index contributed by atoms with van der Waals surface area (Å²) < 4.78 is 23.7. The number of hydrogen-bond donors (Lipinski definition) is 1. The second-order valence-electron chi connectivity index (χ2n) is 3.90. The van der Waals surface area contributed by atoms with Crippen LogP contribution >= 0.6 is 0 Å². The average molecular weight is 225 g/mol. The largest absolute Gasteiger partial charge is 0.494 e. The summed E-state index contributed by atoms with van der Waals surface area (Å²) in [5, 5.41) is 3.34. The van der Waals surface area contributed by atoms with Crippen LogP contribution in [0, 0.1) is 5.82 Å². The van der Waals surface area contributed by atoms with Gasteiger partial charge in [0.15, 0.2) is 11.6 Å². The van der Waals surface area contributed by atoms with Gasteiger partial charge in [-0.25, -0.2) is 4.39 Å². The number of benzene rings is 1. The van der Waals surface area contributed by atoms with Crippen molar-refractivity contribution < 1.29 is 13.9 Å². The van der Waals surface area contributed by atoms with Gasteiger partial charge in [0.25, 0.3) is 0 Å². The van der Waals surface area contributed by atoms with Gasteiger partial charge in [0.2, 0.25) is 0 Å². The van der Waals surface area contributed by atoms with Crippen molar-refractivity contribution >= 4 is 0 Å². The fourth-order valence-electron chi connectivity index (χ4n) is 1.87. The van der Waals surface area contributed by atoms with E-state index in [-0.39, 0.29) is 17.6 Å². The van der Waals surface area contributed by atoms with Gasteiger partial charge in [0.05, 0.1) is 20.3 Å². The second-order valence-corrected chi connectivity index (χ2v) is 3.90. The molecule has 4 heteroatoms. The highest BCUT2D eigenvalue weighted by Crippen LogP contribution is 2.18. The smallest absolute Gasteiger partial charge is 0.165 e. The first-order valence-corrected chi connectivity index (χ1v) is 5.43. The fourth-order valence-corrected chi connectivity index (χ4v) is 1.87. The lowest BCUT2D eigenvalue weighted by molar-refractivity contribution is 0.0770. The minimum atomic E-state index is -0.309. The quantitative estimate of drug-likeness (QED) is 0.842. The molecule has 16 heavy (non-hydrogen) atoms. The molecule has 0 radical (unpaired) electrons. The monoisotopic (exact) mass is 225 g/mol. The van der Waals surface area contributed by atoms with Crippen LogP contribution in [0.2, 0.25) is 0 Å². The number of halogens is 1. The third-order valence-corrected chi connectivity index (χ3v) is 2.70. The minimum Gasteiger partial charge on any atom is -0.494 e. The maximum atomic E-state index is 13.4. The van der Waals surface area contributed by atoms with Crippen LogP contribution < -0.4 is 10.1 Å². The highest BCUT2D eigenvalue weighted by atomic mass is 19.1. The summed E-state index contributed by atoms with van der Waals surface area (Å²) in [6.45, 7) is 2.31. The maximum Gasteiger partial charge on any atom is 0.165 e. The molecule has 1 unspecified atom stereocenters. The zero-order valence-corrected chi connectivity index (χ0v) is 9.33. The second kappa shape index (κ2) is 5.27. The first kappa shape index (κ1) is 11.4. The highest BCUT2D eigenvalue weighted by Gasteiger charge is 2.14. The Morgan fingerprint density at radius 1 is 1.56 bits per heavy atom. The van der Waals surface area contributed by atoms with Gasteiger partial charge >= 0.3 is 0 Å². The zero-order valence-electron chi connectivity index (χ0n) is 9.33. The summed E-state index contributed by atoms with van der Waals surface area (Å²) in [5.74, 6) is -0.0201. The summed E-state index contributed by atoms with van der Waals surface area (Å²) in [6.07, 6.45) is 0.779. The molecule has 0 aliphatic carbocycles. The summed E-state index contributed by atoms with van der Waals surface area (Å²) in [7, 11) is 1.47. The van der Waals surface area contributed by atoms with Crippen molar-refractivity contribution in [1.29, 1.82) is 0 Å². The lowest BCUT2D eigenvalue weighted by Gasteiger charge is -2.23. The molecular formula is C12H16FNO2. The summed E-state index contributed by atoms with van der Waals surface area (Å²) in [4.78, 5) is 0. The van der Waals surface area contributed by atoms with E-state index in [0.717, 1.165) is 25.1 Å². The molecule has 1 fully saturated rings. The molecule has 1 heterocycles. The molecule has 1 atom stereocenters. The Balaban J connectivity index is 2.01. The first-order chi connectivity index (χ1) is 7.79. The van der Waals surface area contributed by atoms with Gasteiger partial charge in [0.1, 0.15) is 0 Å². The van der Waals surface area contributed by atoms with Gasteiger partial charge in [0, 0.05) is 12.6 Å². The molecule has 0 saturated carbocycles. The first-order valence-electron chi connectivity index (χ1n) is 5.43. The van der Waals surface area contributed by atoms with E-state index in [1.54, 1.807) is 6.07 Å². The van der Waals surface area contributed by atoms with Gasteiger partial charge in [-0.05, 0) is 24.1 Å². The van der Waals surface area contributed by atoms with Crippen molar-refractivity contribution in [1.82, 2.24) is 5.32 Å². The Hall–Kier alpha value is -1.13. The van der Waals surface area contributed by atoms with E-state index >= 15 is 0 Å². The molecule has 1 aliphatic rings. The van der Waals surface area contributed by atoms with Crippen LogP contribution in [0.5, 0.6) is 5.75 Å². The summed E-state index contributed by atoms with van der Waals surface area (Å²) >= 11 is 0. The SMILES string of the molecule is COc1ccc(CC2COCCN2)cc1F. The van der Waals surface area contributed by atoms with Crippen LogP contribution in [0.4, 0.5) is 4.39 Å². The van der Waals surface area contributed by atoms with Crippen molar-refractivity contribution in [3.8, 4) is 5.75 Å². The number of ether oxygens (including phenoxy) is 2. The Kier molecular flexibility index (Phi) is 3.74. The molecule has 1 aromatic rings. The molecule has 88 valence electrons. The maximum absolute atomic E-state index is 13.4. The molecule has 0 bridgehead atoms. The van der Waals surface area contributed by atoms with Gasteiger partial charge in [-0.2, -0.15) is 0 Å². The molecule has 0 aromatic heterocycles. The molecule has 1 saturated heterocycles. The number of morpholine rings is 1. The fraction of sp³-hybridized carbons (Fsp3) is 0.500. The standard InChI is InChI=1S/C12H16FNO2/c1-15-12-3-2-9(7-11(12)13)6-10-8-16-5-4-14-10/h2-3,7,10,14H,4-6,8H2,1H3. The molecule has 1 aliphatic heterocycles. The number of methoxy groups -OCH3 is 1. The van der Waals surface area contributed by atoms with Crippen molar-refractivity contribution in [2.45, 2.75) is 12.5 Å². The van der Waals surface area contributed by atoms with Crippen molar-refractivity contribution in [2.24, 2.45) is 0 Å². The predicted molar refractivity (Wildman–Crippen MR) is 59.3 cm³/mol. The molecular weight excluding hydrogens is 209 g/mol. The van der Waals surface area contributed by atoms with E-state index in [2.05, 4.69) is 5.32 Å². The van der Waals surface area contributed by atoms with Gasteiger partial charge in [-0.15, -0.1) is 0 Å². The van der Waals surface area contributed by atoms with Crippen LogP contribution in [0.15, 0.2) is 18.2 Å². The Labute approximate surface area is 94.6 Å². The summed E-state index contributed by atoms with van der Waals surface area (Å²) in [6, 6.07) is 5.35. The van der Waals surface area contributed by atoms with Crippen LogP contribution in [-0.4, -0.2) is 32.9 Å². The van der Waals surface area contributed by atoms with E-state index < -0.39 is 0 Å². The Morgan fingerprint density at radius 3 is 3.06 bits per heavy atom. The third-order valence-electron chi connectivity index (χ3n) is 2.70. The van der Waals surface area contributed by atoms with E-state index in [0.29, 0.717) is 6.61 Å². The zero-order chi connectivity index (χ0) is 11.4. The minimum absolute atomic E-state index is 0.279. The molecule has 0 amide bonds. The predicted octanol–water partition coefficient (Wildman–Crippen LogP) is 1.37. The molecule has 3 nitrogen and oxygen atoms in total. The lowest BCUT2D eigenvalue weighted by Crippen LogP contribution is -2.42. The van der Waals surface area contributed by atoms with E-state index in [1.165, 1.54) is 13.2 Å². The van der Waals surface area contributed by atoms with Crippen molar-refractivity contribution in [3.05, 3.63) is 29.6 Å². The van der Waals surface area contributed by atoms with Crippen molar-refractivity contribution in [3.63, 3.8) is 0 Å². The van der Waals surface area contributed by atoms with Crippen LogP contribution in [0.3, 0.4) is 0 Å². The topological polar surface area (TPSA) is 30.5 Å². The molecule has 1 aromatic carbocycles. The molecule has 0 spiro atoms. The van der Waals surface area contributed by atoms with Gasteiger partial charge < -0.3 is 14.8 Å². The van der Waals surface area contributed by atoms with E-state index in [9.17, 15) is 4.39 Å². The average Bonchev–Trinajstić information content (AvgIpc) is 2.31. The van der Waals surface area contributed by atoms with Crippen LogP contribution in [0.1, 0.15) is 5.56 Å². The Bertz CT molecular complexity index is 351. The lowest BCUT2D eigenvalue weighted by atomic mass is 10.1. The van der Waals surface area contributed by atoms with Crippen LogP contribution in [-0.2, 0) is 11.2 Å². The van der Waals surface area contributed by atoms with Gasteiger partial charge in [-0.3, -0.25) is 0 Å². The summed E-state index contributed by atoms with van der Waals surface area (Å²) in [5.41, 5.74) is 0.960. The third kappa shape index (κ3) is 2.71. The highest BCUT2D eigenvalue weighted by molar-refractivity contribution is 5.29. The molecule has 1 N–H and O–H groups in total. The van der Waals surface area contributed by atoms with Crippen LogP contribution in [0.25, 0.3) is 0 Å². The normalized spacial score (nSPS) is 20.8. The van der Waals surface area contributed by atoms with Crippen molar-refractivity contribution in [2.75, 3.05) is 26.9 Å². The van der Waals surface area contributed by atoms with Gasteiger partial charge in [-0.1, -0.05) is 6.07 Å². The molecule has 2 rings (SSSR count). The van der Waals surface area contributed by atoms with E-state index in [4.69, 9.17) is 9.47 Å². The van der Waals surface area contributed by atoms with E-state index in [1.807, 2.05) is 6.07 Å². The number of hydrogen-bond acceptors (Lipinski definition) is 3. The number of nitrogens with one attached hydrogen (secondary N) is 1.